The molecule has 5 heteroatoms. The molecule has 0 amide bonds. The standard InChI is InChI=1S/C21H26N4O/c1-15-6-7-19-20(12-15)24-21(23-19)14-22-16-8-10-25(11-9-16)17-4-3-5-18(13-17)26-2/h3-7,12-13,16,22H,8-11,14H2,1-2H3,(H,23,24). The third-order valence-electron chi connectivity index (χ3n) is 5.16. The first-order valence-corrected chi connectivity index (χ1v) is 9.29. The maximum Gasteiger partial charge on any atom is 0.121 e. The van der Waals surface area contributed by atoms with E-state index in [-0.39, 0.29) is 0 Å². The van der Waals surface area contributed by atoms with E-state index in [9.17, 15) is 0 Å². The van der Waals surface area contributed by atoms with Gasteiger partial charge in [-0.3, -0.25) is 0 Å². The Bertz CT molecular complexity index is 881. The Morgan fingerprint density at radius 1 is 1.19 bits per heavy atom. The summed E-state index contributed by atoms with van der Waals surface area (Å²) in [6.07, 6.45) is 2.27. The Morgan fingerprint density at radius 2 is 2.04 bits per heavy atom. The number of imidazole rings is 1. The smallest absolute Gasteiger partial charge is 0.121 e. The zero-order valence-electron chi connectivity index (χ0n) is 15.5. The summed E-state index contributed by atoms with van der Waals surface area (Å²) in [5.41, 5.74) is 4.66. The normalized spacial score (nSPS) is 15.5. The number of aromatic amines is 1. The van der Waals surface area contributed by atoms with Crippen LogP contribution in [0.3, 0.4) is 0 Å². The number of aryl methyl sites for hydroxylation is 1. The highest BCUT2D eigenvalue weighted by Gasteiger charge is 2.19. The number of aromatic nitrogens is 2. The van der Waals surface area contributed by atoms with Crippen molar-refractivity contribution in [1.82, 2.24) is 15.3 Å². The highest BCUT2D eigenvalue weighted by Crippen LogP contribution is 2.24. The van der Waals surface area contributed by atoms with Crippen molar-refractivity contribution in [3.63, 3.8) is 0 Å². The van der Waals surface area contributed by atoms with Gasteiger partial charge in [0.05, 0.1) is 24.7 Å². The summed E-state index contributed by atoms with van der Waals surface area (Å²) in [5, 5.41) is 3.66. The van der Waals surface area contributed by atoms with E-state index >= 15 is 0 Å². The molecule has 136 valence electrons. The monoisotopic (exact) mass is 350 g/mol. The Kier molecular flexibility index (Phi) is 4.80. The first kappa shape index (κ1) is 16.9. The van der Waals surface area contributed by atoms with Crippen LogP contribution < -0.4 is 15.0 Å². The van der Waals surface area contributed by atoms with Gasteiger partial charge in [-0.05, 0) is 49.6 Å². The van der Waals surface area contributed by atoms with Gasteiger partial charge in [-0.1, -0.05) is 12.1 Å². The zero-order chi connectivity index (χ0) is 17.9. The van der Waals surface area contributed by atoms with E-state index in [1.54, 1.807) is 7.11 Å². The van der Waals surface area contributed by atoms with Crippen molar-refractivity contribution in [2.45, 2.75) is 32.4 Å². The quantitative estimate of drug-likeness (QED) is 0.738. The number of methoxy groups -OCH3 is 1. The molecule has 0 spiro atoms. The predicted octanol–water partition coefficient (Wildman–Crippen LogP) is 3.64. The summed E-state index contributed by atoms with van der Waals surface area (Å²) in [7, 11) is 1.72. The summed E-state index contributed by atoms with van der Waals surface area (Å²) >= 11 is 0. The molecule has 5 nitrogen and oxygen atoms in total. The van der Waals surface area contributed by atoms with Gasteiger partial charge < -0.3 is 19.9 Å². The van der Waals surface area contributed by atoms with Crippen molar-refractivity contribution in [3.05, 3.63) is 53.9 Å². The number of rotatable bonds is 5. The fourth-order valence-electron chi connectivity index (χ4n) is 3.65. The largest absolute Gasteiger partial charge is 0.497 e. The van der Waals surface area contributed by atoms with Crippen LogP contribution in [0.15, 0.2) is 42.5 Å². The lowest BCUT2D eigenvalue weighted by Gasteiger charge is -2.34. The molecular weight excluding hydrogens is 324 g/mol. The predicted molar refractivity (Wildman–Crippen MR) is 106 cm³/mol. The van der Waals surface area contributed by atoms with Crippen molar-refractivity contribution in [2.75, 3.05) is 25.1 Å². The van der Waals surface area contributed by atoms with Gasteiger partial charge in [-0.2, -0.15) is 0 Å². The maximum atomic E-state index is 5.34. The van der Waals surface area contributed by atoms with Crippen LogP contribution in [0.1, 0.15) is 24.2 Å². The Morgan fingerprint density at radius 3 is 2.85 bits per heavy atom. The lowest BCUT2D eigenvalue weighted by Crippen LogP contribution is -2.42. The lowest BCUT2D eigenvalue weighted by molar-refractivity contribution is 0.406. The van der Waals surface area contributed by atoms with Crippen LogP contribution in [0, 0.1) is 6.92 Å². The van der Waals surface area contributed by atoms with Crippen LogP contribution in [-0.4, -0.2) is 36.2 Å². The highest BCUT2D eigenvalue weighted by atomic mass is 16.5. The minimum atomic E-state index is 0.534. The van der Waals surface area contributed by atoms with Gasteiger partial charge in [0.1, 0.15) is 11.6 Å². The molecule has 2 heterocycles. The van der Waals surface area contributed by atoms with Crippen LogP contribution in [0.5, 0.6) is 5.75 Å². The third kappa shape index (κ3) is 3.68. The van der Waals surface area contributed by atoms with Crippen LogP contribution in [-0.2, 0) is 6.54 Å². The van der Waals surface area contributed by atoms with Gasteiger partial charge >= 0.3 is 0 Å². The SMILES string of the molecule is COc1cccc(N2CCC(NCc3nc4ccc(C)cc4[nH]3)CC2)c1. The van der Waals surface area contributed by atoms with E-state index in [1.807, 2.05) is 6.07 Å². The molecule has 3 aromatic rings. The molecule has 0 radical (unpaired) electrons. The van der Waals surface area contributed by atoms with Crippen LogP contribution in [0.4, 0.5) is 5.69 Å². The van der Waals surface area contributed by atoms with E-state index < -0.39 is 0 Å². The molecule has 0 aliphatic carbocycles. The Balaban J connectivity index is 1.31. The molecule has 4 rings (SSSR count). The van der Waals surface area contributed by atoms with E-state index in [0.717, 1.165) is 55.1 Å². The number of nitrogens with zero attached hydrogens (tertiary/aromatic N) is 2. The van der Waals surface area contributed by atoms with E-state index in [1.165, 1.54) is 11.3 Å². The minimum Gasteiger partial charge on any atom is -0.497 e. The second kappa shape index (κ2) is 7.38. The summed E-state index contributed by atoms with van der Waals surface area (Å²) < 4.78 is 5.34. The molecule has 2 N–H and O–H groups in total. The van der Waals surface area contributed by atoms with E-state index in [4.69, 9.17) is 4.74 Å². The number of H-pyrrole nitrogens is 1. The van der Waals surface area contributed by atoms with Gasteiger partial charge in [-0.25, -0.2) is 4.98 Å². The molecule has 1 aliphatic rings. The van der Waals surface area contributed by atoms with Crippen molar-refractivity contribution in [3.8, 4) is 5.75 Å². The zero-order valence-corrected chi connectivity index (χ0v) is 15.5. The summed E-state index contributed by atoms with van der Waals surface area (Å²) in [5.74, 6) is 1.93. The molecule has 0 atom stereocenters. The van der Waals surface area contributed by atoms with Gasteiger partial charge in [-0.15, -0.1) is 0 Å². The Labute approximate surface area is 154 Å². The minimum absolute atomic E-state index is 0.534. The fraction of sp³-hybridized carbons (Fsp3) is 0.381. The Hall–Kier alpha value is -2.53. The van der Waals surface area contributed by atoms with Gasteiger partial charge in [0, 0.05) is 30.9 Å². The number of hydrogen-bond acceptors (Lipinski definition) is 4. The topological polar surface area (TPSA) is 53.2 Å². The second-order valence-electron chi connectivity index (χ2n) is 7.05. The number of anilines is 1. The first-order chi connectivity index (χ1) is 12.7. The maximum absolute atomic E-state index is 5.34. The second-order valence-corrected chi connectivity index (χ2v) is 7.05. The molecule has 1 fully saturated rings. The van der Waals surface area contributed by atoms with E-state index in [0.29, 0.717) is 6.04 Å². The van der Waals surface area contributed by atoms with Crippen LogP contribution in [0.25, 0.3) is 11.0 Å². The van der Waals surface area contributed by atoms with Crippen LogP contribution >= 0.6 is 0 Å². The van der Waals surface area contributed by atoms with Crippen molar-refractivity contribution < 1.29 is 4.74 Å². The summed E-state index contributed by atoms with van der Waals surface area (Å²) in [6.45, 7) is 5.01. The van der Waals surface area contributed by atoms with E-state index in [2.05, 4.69) is 63.5 Å². The van der Waals surface area contributed by atoms with Crippen molar-refractivity contribution in [1.29, 1.82) is 0 Å². The molecule has 0 unspecified atom stereocenters. The van der Waals surface area contributed by atoms with Crippen molar-refractivity contribution in [2.24, 2.45) is 0 Å². The fourth-order valence-corrected chi connectivity index (χ4v) is 3.65. The highest BCUT2D eigenvalue weighted by molar-refractivity contribution is 5.75. The number of piperidine rings is 1. The number of ether oxygens (including phenoxy) is 1. The van der Waals surface area contributed by atoms with Crippen molar-refractivity contribution >= 4 is 16.7 Å². The molecule has 1 aromatic heterocycles. The van der Waals surface area contributed by atoms with Gasteiger partial charge in [0.25, 0.3) is 0 Å². The molecule has 1 aliphatic heterocycles. The van der Waals surface area contributed by atoms with Gasteiger partial charge in [0.2, 0.25) is 0 Å². The third-order valence-corrected chi connectivity index (χ3v) is 5.16. The molecule has 0 bridgehead atoms. The molecular formula is C21H26N4O. The number of hydrogen-bond donors (Lipinski definition) is 2. The molecule has 2 aromatic carbocycles. The van der Waals surface area contributed by atoms with Crippen LogP contribution in [0.2, 0.25) is 0 Å². The number of benzene rings is 2. The number of fused-ring (bicyclic) bond motifs is 1. The summed E-state index contributed by atoms with van der Waals surface area (Å²) in [4.78, 5) is 10.5. The summed E-state index contributed by atoms with van der Waals surface area (Å²) in [6, 6.07) is 15.2. The number of nitrogens with one attached hydrogen (secondary N) is 2. The average molecular weight is 350 g/mol. The molecule has 0 saturated carbocycles. The molecule has 26 heavy (non-hydrogen) atoms. The van der Waals surface area contributed by atoms with Gasteiger partial charge in [0.15, 0.2) is 0 Å². The first-order valence-electron chi connectivity index (χ1n) is 9.29. The lowest BCUT2D eigenvalue weighted by atomic mass is 10.0. The molecule has 1 saturated heterocycles. The average Bonchev–Trinajstić information content (AvgIpc) is 3.09.